The van der Waals surface area contributed by atoms with Crippen molar-refractivity contribution in [3.63, 3.8) is 0 Å². The summed E-state index contributed by atoms with van der Waals surface area (Å²) in [4.78, 5) is 2.70. The summed E-state index contributed by atoms with van der Waals surface area (Å²) in [5.41, 5.74) is 9.71. The first-order valence-electron chi connectivity index (χ1n) is 10.3. The van der Waals surface area contributed by atoms with E-state index in [0.29, 0.717) is 5.92 Å². The Bertz CT molecular complexity index is 581. The van der Waals surface area contributed by atoms with Gasteiger partial charge in [-0.25, -0.2) is 0 Å². The standard InChI is InChI=1S/C21H32N4O/c1-2-23-20-11-7-18(8-12-20)16-3-5-17(6-4-16)19-9-13-21(14-10-19)26-15-24-25-22/h9-10,13-14,16-18,20,23H,2-8,11-12,15H2,1H3. The lowest BCUT2D eigenvalue weighted by atomic mass is 9.69. The minimum Gasteiger partial charge on any atom is -0.488 e. The van der Waals surface area contributed by atoms with Gasteiger partial charge in [0, 0.05) is 11.0 Å². The first-order chi connectivity index (χ1) is 12.8. The Morgan fingerprint density at radius 2 is 1.62 bits per heavy atom. The maximum absolute atomic E-state index is 8.29. The van der Waals surface area contributed by atoms with Gasteiger partial charge in [0.1, 0.15) is 5.75 Å². The minimum atomic E-state index is 0.0526. The van der Waals surface area contributed by atoms with Gasteiger partial charge in [-0.05, 0) is 98.9 Å². The van der Waals surface area contributed by atoms with Gasteiger partial charge in [0.05, 0.1) is 0 Å². The maximum atomic E-state index is 8.29. The number of nitrogens with one attached hydrogen (secondary N) is 1. The van der Waals surface area contributed by atoms with Crippen molar-refractivity contribution in [3.8, 4) is 5.75 Å². The topological polar surface area (TPSA) is 70.0 Å². The Labute approximate surface area is 157 Å². The van der Waals surface area contributed by atoms with Crippen LogP contribution in [0.25, 0.3) is 10.4 Å². The number of rotatable bonds is 7. The molecule has 0 atom stereocenters. The summed E-state index contributed by atoms with van der Waals surface area (Å²) in [6.45, 7) is 3.37. The second-order valence-corrected chi connectivity index (χ2v) is 7.85. The van der Waals surface area contributed by atoms with E-state index in [9.17, 15) is 0 Å². The predicted octanol–water partition coefficient (Wildman–Crippen LogP) is 5.78. The fraction of sp³-hybridized carbons (Fsp3) is 0.714. The molecule has 0 aromatic heterocycles. The maximum Gasteiger partial charge on any atom is 0.167 e. The number of hydrogen-bond acceptors (Lipinski definition) is 3. The molecule has 1 aromatic carbocycles. The Kier molecular flexibility index (Phi) is 7.22. The molecule has 0 aliphatic heterocycles. The lowest BCUT2D eigenvalue weighted by Gasteiger charge is -2.38. The molecule has 0 bridgehead atoms. The zero-order valence-electron chi connectivity index (χ0n) is 15.9. The van der Waals surface area contributed by atoms with Crippen LogP contribution in [0.5, 0.6) is 5.75 Å². The van der Waals surface area contributed by atoms with E-state index in [1.165, 1.54) is 56.9 Å². The van der Waals surface area contributed by atoms with Crippen LogP contribution in [0.2, 0.25) is 0 Å². The summed E-state index contributed by atoms with van der Waals surface area (Å²) in [6.07, 6.45) is 11.0. The van der Waals surface area contributed by atoms with Gasteiger partial charge < -0.3 is 10.1 Å². The molecule has 0 unspecified atom stereocenters. The van der Waals surface area contributed by atoms with Crippen molar-refractivity contribution in [1.82, 2.24) is 5.32 Å². The van der Waals surface area contributed by atoms with E-state index in [1.54, 1.807) is 0 Å². The molecule has 3 rings (SSSR count). The molecular formula is C21H32N4O. The molecule has 1 aromatic rings. The van der Waals surface area contributed by atoms with Crippen LogP contribution in [0.3, 0.4) is 0 Å². The molecule has 0 saturated heterocycles. The van der Waals surface area contributed by atoms with Crippen molar-refractivity contribution >= 4 is 0 Å². The van der Waals surface area contributed by atoms with Crippen LogP contribution in [0.1, 0.15) is 69.8 Å². The molecule has 5 nitrogen and oxygen atoms in total. The molecule has 2 saturated carbocycles. The average molecular weight is 357 g/mol. The third kappa shape index (κ3) is 5.15. The molecular weight excluding hydrogens is 324 g/mol. The zero-order valence-corrected chi connectivity index (χ0v) is 15.9. The molecule has 2 aliphatic carbocycles. The highest BCUT2D eigenvalue weighted by Gasteiger charge is 2.31. The van der Waals surface area contributed by atoms with Crippen molar-refractivity contribution in [3.05, 3.63) is 40.3 Å². The molecule has 0 heterocycles. The van der Waals surface area contributed by atoms with Crippen molar-refractivity contribution in [2.24, 2.45) is 17.0 Å². The van der Waals surface area contributed by atoms with Gasteiger partial charge in [-0.15, -0.1) is 0 Å². The van der Waals surface area contributed by atoms with Gasteiger partial charge in [0.15, 0.2) is 6.73 Å². The Hall–Kier alpha value is -1.71. The normalized spacial score (nSPS) is 29.0. The second kappa shape index (κ2) is 9.84. The van der Waals surface area contributed by atoms with Crippen LogP contribution in [0, 0.1) is 11.8 Å². The second-order valence-electron chi connectivity index (χ2n) is 7.85. The summed E-state index contributed by atoms with van der Waals surface area (Å²) in [5, 5.41) is 7.02. The van der Waals surface area contributed by atoms with Crippen LogP contribution < -0.4 is 10.1 Å². The molecule has 0 amide bonds. The third-order valence-corrected chi connectivity index (χ3v) is 6.41. The van der Waals surface area contributed by atoms with Crippen LogP contribution in [0.15, 0.2) is 29.4 Å². The van der Waals surface area contributed by atoms with Gasteiger partial charge in [-0.1, -0.05) is 24.2 Å². The van der Waals surface area contributed by atoms with Crippen molar-refractivity contribution in [2.45, 2.75) is 70.3 Å². The number of benzene rings is 1. The largest absolute Gasteiger partial charge is 0.488 e. The van der Waals surface area contributed by atoms with Crippen LogP contribution in [0.4, 0.5) is 0 Å². The molecule has 5 heteroatoms. The van der Waals surface area contributed by atoms with E-state index in [4.69, 9.17) is 10.3 Å². The van der Waals surface area contributed by atoms with Crippen LogP contribution >= 0.6 is 0 Å². The first-order valence-corrected chi connectivity index (χ1v) is 10.3. The van der Waals surface area contributed by atoms with Gasteiger partial charge in [0.2, 0.25) is 0 Å². The van der Waals surface area contributed by atoms with Crippen molar-refractivity contribution in [2.75, 3.05) is 13.3 Å². The van der Waals surface area contributed by atoms with Crippen molar-refractivity contribution < 1.29 is 4.74 Å². The molecule has 142 valence electrons. The van der Waals surface area contributed by atoms with Gasteiger partial charge in [0.25, 0.3) is 0 Å². The Morgan fingerprint density at radius 1 is 1.00 bits per heavy atom. The summed E-state index contributed by atoms with van der Waals surface area (Å²) < 4.78 is 5.39. The van der Waals surface area contributed by atoms with Gasteiger partial charge >= 0.3 is 0 Å². The fourth-order valence-corrected chi connectivity index (χ4v) is 4.97. The lowest BCUT2D eigenvalue weighted by molar-refractivity contribution is 0.169. The van der Waals surface area contributed by atoms with E-state index in [1.807, 2.05) is 12.1 Å². The smallest absolute Gasteiger partial charge is 0.167 e. The molecule has 0 radical (unpaired) electrons. The fourth-order valence-electron chi connectivity index (χ4n) is 4.97. The third-order valence-electron chi connectivity index (χ3n) is 6.41. The van der Waals surface area contributed by atoms with E-state index in [2.05, 4.69) is 34.4 Å². The molecule has 2 fully saturated rings. The summed E-state index contributed by atoms with van der Waals surface area (Å²) >= 11 is 0. The lowest BCUT2D eigenvalue weighted by Crippen LogP contribution is -2.35. The van der Waals surface area contributed by atoms with Gasteiger partial charge in [-0.3, -0.25) is 0 Å². The molecule has 26 heavy (non-hydrogen) atoms. The minimum absolute atomic E-state index is 0.0526. The molecule has 1 N–H and O–H groups in total. The SMILES string of the molecule is CCNC1CCC(C2CCC(c3ccc(OCN=[N+]=[N-])cc3)CC2)CC1. The summed E-state index contributed by atoms with van der Waals surface area (Å²) in [7, 11) is 0. The number of hydrogen-bond donors (Lipinski definition) is 1. The van der Waals surface area contributed by atoms with E-state index in [-0.39, 0.29) is 6.73 Å². The highest BCUT2D eigenvalue weighted by molar-refractivity contribution is 5.29. The molecule has 2 aliphatic rings. The van der Waals surface area contributed by atoms with Crippen LogP contribution in [-0.4, -0.2) is 19.3 Å². The van der Waals surface area contributed by atoms with Gasteiger partial charge in [-0.2, -0.15) is 0 Å². The summed E-state index contributed by atoms with van der Waals surface area (Å²) in [6, 6.07) is 9.12. The highest BCUT2D eigenvalue weighted by atomic mass is 16.5. The first kappa shape index (κ1) is 19.1. The quantitative estimate of drug-likeness (QED) is 0.382. The van der Waals surface area contributed by atoms with E-state index < -0.39 is 0 Å². The number of ether oxygens (including phenoxy) is 1. The zero-order chi connectivity index (χ0) is 18.2. The van der Waals surface area contributed by atoms with Crippen LogP contribution in [-0.2, 0) is 0 Å². The average Bonchev–Trinajstić information content (AvgIpc) is 2.70. The monoisotopic (exact) mass is 356 g/mol. The Balaban J connectivity index is 1.44. The predicted molar refractivity (Wildman–Crippen MR) is 105 cm³/mol. The Morgan fingerprint density at radius 3 is 2.19 bits per heavy atom. The number of azide groups is 1. The van der Waals surface area contributed by atoms with Crippen molar-refractivity contribution in [1.29, 1.82) is 0 Å². The summed E-state index contributed by atoms with van der Waals surface area (Å²) in [5.74, 6) is 3.37. The van der Waals surface area contributed by atoms with E-state index >= 15 is 0 Å². The van der Waals surface area contributed by atoms with E-state index in [0.717, 1.165) is 30.2 Å². The molecule has 0 spiro atoms. The number of nitrogens with zero attached hydrogens (tertiary/aromatic N) is 3. The highest BCUT2D eigenvalue weighted by Crippen LogP contribution is 2.43.